The van der Waals surface area contributed by atoms with Crippen LogP contribution in [0.4, 0.5) is 0 Å². The Morgan fingerprint density at radius 3 is 2.47 bits per heavy atom. The normalized spacial score (nSPS) is 11.8. The van der Waals surface area contributed by atoms with Crippen LogP contribution in [0.25, 0.3) is 11.0 Å². The van der Waals surface area contributed by atoms with E-state index >= 15 is 0 Å². The van der Waals surface area contributed by atoms with Gasteiger partial charge in [-0.2, -0.15) is 0 Å². The van der Waals surface area contributed by atoms with E-state index in [9.17, 15) is 0 Å². The lowest BCUT2D eigenvalue weighted by Gasteiger charge is -2.12. The van der Waals surface area contributed by atoms with Crippen LogP contribution in [0.15, 0.2) is 42.6 Å². The van der Waals surface area contributed by atoms with Gasteiger partial charge in [-0.25, -0.2) is 4.98 Å². The van der Waals surface area contributed by atoms with Crippen LogP contribution >= 0.6 is 0 Å². The first-order valence-electron chi connectivity index (χ1n) is 11.6. The second-order valence-electron chi connectivity index (χ2n) is 6.69. The van der Waals surface area contributed by atoms with Crippen LogP contribution in [-0.2, 0) is 19.4 Å². The van der Waals surface area contributed by atoms with E-state index in [1.807, 2.05) is 64.2 Å². The number of nitrogens with zero attached hydrogens (tertiary/aromatic N) is 2. The molecule has 0 aliphatic heterocycles. The number of nitrogens with two attached hydrogens (primary N) is 1. The predicted molar refractivity (Wildman–Crippen MR) is 130 cm³/mol. The summed E-state index contributed by atoms with van der Waals surface area (Å²) in [6, 6.07) is 12.3. The molecule has 0 saturated carbocycles. The number of nitrogens with one attached hydrogen (secondary N) is 2. The molecule has 2 aromatic heterocycles. The Morgan fingerprint density at radius 2 is 1.73 bits per heavy atom. The Morgan fingerprint density at radius 1 is 0.967 bits per heavy atom. The predicted octanol–water partition coefficient (Wildman–Crippen LogP) is 5.40. The van der Waals surface area contributed by atoms with Crippen molar-refractivity contribution in [3.63, 3.8) is 0 Å². The fourth-order valence-corrected chi connectivity index (χ4v) is 3.22. The highest BCUT2D eigenvalue weighted by molar-refractivity contribution is 5.74. The maximum atomic E-state index is 5.43. The number of benzene rings is 1. The molecular formula is C25H41N5. The molecule has 4 N–H and O–H groups in total. The Kier molecular flexibility index (Phi) is 14.2. The van der Waals surface area contributed by atoms with E-state index in [1.165, 1.54) is 36.9 Å². The molecule has 5 nitrogen and oxygen atoms in total. The molecule has 0 spiro atoms. The summed E-state index contributed by atoms with van der Waals surface area (Å²) in [6.45, 7) is 10.6. The molecule has 0 atom stereocenters. The highest BCUT2D eigenvalue weighted by Gasteiger charge is 2.07. The largest absolute Gasteiger partial charge is 0.341 e. The molecular weight excluding hydrogens is 370 g/mol. The molecule has 0 unspecified atom stereocenters. The molecule has 0 bridgehead atoms. The standard InChI is InChI=1S/C12H18N4.C9H11N.2C2H6/c13-7-3-4-8-14-9-12-15-10-5-1-2-6-11(10)16-12;1-2-6-9-8(4-1)5-3-7-10-9;2*1-2/h1-2,5-6,14H,3-4,7-9,13H2,(H,15,16);3,5,7H,1-2,4,6H2;2*1-2H3. The number of para-hydroxylation sites is 2. The molecule has 0 fully saturated rings. The molecule has 1 aliphatic rings. The zero-order valence-electron chi connectivity index (χ0n) is 19.4. The lowest BCUT2D eigenvalue weighted by atomic mass is 9.96. The summed E-state index contributed by atoms with van der Waals surface area (Å²) in [5.41, 5.74) is 10.3. The topological polar surface area (TPSA) is 79.6 Å². The van der Waals surface area contributed by atoms with Gasteiger partial charge in [0.15, 0.2) is 0 Å². The fourth-order valence-electron chi connectivity index (χ4n) is 3.22. The van der Waals surface area contributed by atoms with Crippen molar-refractivity contribution in [2.75, 3.05) is 13.1 Å². The second kappa shape index (κ2) is 16.5. The average Bonchev–Trinajstić information content (AvgIpc) is 3.25. The monoisotopic (exact) mass is 411 g/mol. The SMILES string of the molecule is CC.CC.NCCCCNCc1nc2ccccc2[nH]1.c1cnc2c(c1)CCCC2. The van der Waals surface area contributed by atoms with Gasteiger partial charge in [0.1, 0.15) is 5.82 Å². The van der Waals surface area contributed by atoms with E-state index in [0.717, 1.165) is 49.3 Å². The van der Waals surface area contributed by atoms with E-state index in [2.05, 4.69) is 26.3 Å². The molecule has 3 aromatic rings. The third kappa shape index (κ3) is 9.06. The van der Waals surface area contributed by atoms with Crippen LogP contribution < -0.4 is 11.1 Å². The summed E-state index contributed by atoms with van der Waals surface area (Å²) in [6.07, 6.45) is 9.19. The smallest absolute Gasteiger partial charge is 0.121 e. The van der Waals surface area contributed by atoms with E-state index in [0.29, 0.717) is 0 Å². The number of rotatable bonds is 6. The average molecular weight is 412 g/mol. The first-order chi connectivity index (χ1) is 14.9. The van der Waals surface area contributed by atoms with Crippen LogP contribution in [0.2, 0.25) is 0 Å². The van der Waals surface area contributed by atoms with Crippen molar-refractivity contribution >= 4 is 11.0 Å². The van der Waals surface area contributed by atoms with E-state index in [4.69, 9.17) is 5.73 Å². The van der Waals surface area contributed by atoms with Gasteiger partial charge in [-0.1, -0.05) is 45.9 Å². The molecule has 2 heterocycles. The van der Waals surface area contributed by atoms with Crippen molar-refractivity contribution in [3.8, 4) is 0 Å². The van der Waals surface area contributed by atoms with Gasteiger partial charge in [0.05, 0.1) is 17.6 Å². The van der Waals surface area contributed by atoms with Gasteiger partial charge in [0, 0.05) is 11.9 Å². The molecule has 1 aliphatic carbocycles. The third-order valence-corrected chi connectivity index (χ3v) is 4.63. The van der Waals surface area contributed by atoms with Crippen LogP contribution in [0.1, 0.15) is 70.5 Å². The summed E-state index contributed by atoms with van der Waals surface area (Å²) < 4.78 is 0. The molecule has 4 rings (SSSR count). The number of pyridine rings is 1. The number of fused-ring (bicyclic) bond motifs is 2. The van der Waals surface area contributed by atoms with Crippen molar-refractivity contribution in [2.45, 2.75) is 72.8 Å². The molecule has 166 valence electrons. The number of H-pyrrole nitrogens is 1. The highest BCUT2D eigenvalue weighted by Crippen LogP contribution is 2.17. The lowest BCUT2D eigenvalue weighted by molar-refractivity contribution is 0.615. The minimum absolute atomic E-state index is 0.770. The Labute approximate surface area is 182 Å². The summed E-state index contributed by atoms with van der Waals surface area (Å²) >= 11 is 0. The van der Waals surface area contributed by atoms with Gasteiger partial charge in [-0.15, -0.1) is 0 Å². The van der Waals surface area contributed by atoms with E-state index in [1.54, 1.807) is 0 Å². The quantitative estimate of drug-likeness (QED) is 0.474. The van der Waals surface area contributed by atoms with Crippen LogP contribution in [0.5, 0.6) is 0 Å². The van der Waals surface area contributed by atoms with Crippen LogP contribution in [0, 0.1) is 0 Å². The van der Waals surface area contributed by atoms with E-state index in [-0.39, 0.29) is 0 Å². The molecule has 0 radical (unpaired) electrons. The number of hydrogen-bond acceptors (Lipinski definition) is 4. The minimum Gasteiger partial charge on any atom is -0.341 e. The zero-order chi connectivity index (χ0) is 22.0. The zero-order valence-corrected chi connectivity index (χ0v) is 19.4. The number of aromatic amines is 1. The maximum absolute atomic E-state index is 5.43. The minimum atomic E-state index is 0.770. The van der Waals surface area contributed by atoms with Crippen molar-refractivity contribution in [1.82, 2.24) is 20.3 Å². The lowest BCUT2D eigenvalue weighted by Crippen LogP contribution is -2.16. The molecule has 1 aromatic carbocycles. The summed E-state index contributed by atoms with van der Waals surface area (Å²) in [7, 11) is 0. The Hall–Kier alpha value is -2.24. The summed E-state index contributed by atoms with van der Waals surface area (Å²) in [5.74, 6) is 0.994. The molecule has 5 heteroatoms. The molecule has 0 saturated heterocycles. The number of imidazole rings is 1. The highest BCUT2D eigenvalue weighted by atomic mass is 15.0. The van der Waals surface area contributed by atoms with Gasteiger partial charge in [-0.05, 0) is 75.4 Å². The van der Waals surface area contributed by atoms with Gasteiger partial charge >= 0.3 is 0 Å². The van der Waals surface area contributed by atoms with Crippen molar-refractivity contribution in [3.05, 3.63) is 59.7 Å². The fraction of sp³-hybridized carbons (Fsp3) is 0.520. The first-order valence-corrected chi connectivity index (χ1v) is 11.6. The number of aryl methyl sites for hydroxylation is 2. The van der Waals surface area contributed by atoms with Gasteiger partial charge < -0.3 is 16.0 Å². The number of unbranched alkanes of at least 4 members (excludes halogenated alkanes) is 1. The Bertz CT molecular complexity index is 739. The number of hydrogen-bond donors (Lipinski definition) is 3. The van der Waals surface area contributed by atoms with Crippen molar-refractivity contribution < 1.29 is 0 Å². The van der Waals surface area contributed by atoms with Gasteiger partial charge in [0.2, 0.25) is 0 Å². The second-order valence-corrected chi connectivity index (χ2v) is 6.69. The molecule has 30 heavy (non-hydrogen) atoms. The van der Waals surface area contributed by atoms with Crippen molar-refractivity contribution in [2.24, 2.45) is 5.73 Å². The van der Waals surface area contributed by atoms with Crippen LogP contribution in [-0.4, -0.2) is 28.0 Å². The number of aromatic nitrogens is 3. The van der Waals surface area contributed by atoms with E-state index < -0.39 is 0 Å². The van der Waals surface area contributed by atoms with Crippen LogP contribution in [0.3, 0.4) is 0 Å². The third-order valence-electron chi connectivity index (χ3n) is 4.63. The van der Waals surface area contributed by atoms with Gasteiger partial charge in [-0.3, -0.25) is 4.98 Å². The summed E-state index contributed by atoms with van der Waals surface area (Å²) in [5, 5.41) is 3.35. The van der Waals surface area contributed by atoms with Crippen molar-refractivity contribution in [1.29, 1.82) is 0 Å². The first kappa shape index (κ1) is 25.8. The van der Waals surface area contributed by atoms with Gasteiger partial charge in [0.25, 0.3) is 0 Å². The Balaban J connectivity index is 0.000000275. The maximum Gasteiger partial charge on any atom is 0.121 e. The summed E-state index contributed by atoms with van der Waals surface area (Å²) in [4.78, 5) is 12.1. The molecule has 0 amide bonds.